The molecule has 0 aliphatic carbocycles. The van der Waals surface area contributed by atoms with Gasteiger partial charge in [-0.05, 0) is 55.5 Å². The Hall–Kier alpha value is -3.69. The molecule has 10 heteroatoms. The van der Waals surface area contributed by atoms with Crippen LogP contribution in [0.1, 0.15) is 16.1 Å². The lowest BCUT2D eigenvalue weighted by Gasteiger charge is -2.09. The van der Waals surface area contributed by atoms with E-state index in [0.717, 1.165) is 5.69 Å². The molecule has 1 heterocycles. The third-order valence-electron chi connectivity index (χ3n) is 5.18. The lowest BCUT2D eigenvalue weighted by molar-refractivity contribution is 0.0956. The van der Waals surface area contributed by atoms with Gasteiger partial charge in [-0.3, -0.25) is 4.79 Å². The Morgan fingerprint density at radius 2 is 1.68 bits per heavy atom. The molecule has 0 radical (unpaired) electrons. The number of benzene rings is 3. The summed E-state index contributed by atoms with van der Waals surface area (Å²) in [5, 5.41) is 4.09. The van der Waals surface area contributed by atoms with Crippen LogP contribution in [-0.2, 0) is 10.0 Å². The van der Waals surface area contributed by atoms with Crippen LogP contribution in [0.2, 0.25) is 5.02 Å². The lowest BCUT2D eigenvalue weighted by atomic mass is 10.1. The van der Waals surface area contributed by atoms with Crippen LogP contribution < -0.4 is 19.5 Å². The van der Waals surface area contributed by atoms with Crippen molar-refractivity contribution in [1.82, 2.24) is 4.72 Å². The minimum atomic E-state index is -4.14. The van der Waals surface area contributed by atoms with Gasteiger partial charge >= 0.3 is 5.91 Å². The van der Waals surface area contributed by atoms with Gasteiger partial charge in [0.25, 0.3) is 10.0 Å². The van der Waals surface area contributed by atoms with E-state index in [1.165, 1.54) is 31.4 Å². The van der Waals surface area contributed by atoms with E-state index >= 15 is 0 Å². The zero-order valence-corrected chi connectivity index (χ0v) is 20.1. The number of methoxy groups -OCH3 is 2. The second-order valence-electron chi connectivity index (χ2n) is 7.32. The molecule has 176 valence electrons. The smallest absolute Gasteiger partial charge is 0.301 e. The molecule has 1 aromatic heterocycles. The van der Waals surface area contributed by atoms with Crippen LogP contribution in [0.4, 0.5) is 11.4 Å². The van der Waals surface area contributed by atoms with Gasteiger partial charge in [0, 0.05) is 22.7 Å². The first-order valence-electron chi connectivity index (χ1n) is 10.1. The molecule has 1 amide bonds. The maximum atomic E-state index is 12.9. The molecule has 0 aliphatic rings. The Kier molecular flexibility index (Phi) is 6.41. The fraction of sp³-hybridized carbons (Fsp3) is 0.125. The Morgan fingerprint density at radius 3 is 2.35 bits per heavy atom. The van der Waals surface area contributed by atoms with Crippen molar-refractivity contribution in [1.29, 1.82) is 0 Å². The highest BCUT2D eigenvalue weighted by Crippen LogP contribution is 2.37. The molecule has 0 atom stereocenters. The second-order valence-corrected chi connectivity index (χ2v) is 9.41. The molecule has 0 bridgehead atoms. The summed E-state index contributed by atoms with van der Waals surface area (Å²) < 4.78 is 43.6. The van der Waals surface area contributed by atoms with Gasteiger partial charge in [0.2, 0.25) is 0 Å². The molecule has 0 aliphatic heterocycles. The van der Waals surface area contributed by atoms with Crippen molar-refractivity contribution in [3.63, 3.8) is 0 Å². The molecule has 4 rings (SSSR count). The SMILES string of the molecule is COc1ccc(S(=O)(=O)NC(=O)c2oc3c(Nc4cccc(OC)c4)ccc(Cl)c3c2C)cc1. The fourth-order valence-electron chi connectivity index (χ4n) is 3.46. The number of rotatable bonds is 7. The van der Waals surface area contributed by atoms with Crippen LogP contribution in [0.5, 0.6) is 11.5 Å². The molecule has 0 unspecified atom stereocenters. The standard InChI is InChI=1S/C24H21ClN2O6S/c1-14-21-19(25)11-12-20(26-15-5-4-6-17(13-15)32-3)23(21)33-22(14)24(28)27-34(29,30)18-9-7-16(31-2)8-10-18/h4-13,26H,1-3H3,(H,27,28). The Bertz CT molecular complexity index is 1480. The number of furan rings is 1. The van der Waals surface area contributed by atoms with E-state index in [1.54, 1.807) is 32.2 Å². The maximum Gasteiger partial charge on any atom is 0.301 e. The fourth-order valence-corrected chi connectivity index (χ4v) is 4.70. The minimum absolute atomic E-state index is 0.0890. The van der Waals surface area contributed by atoms with Crippen molar-refractivity contribution in [2.24, 2.45) is 0 Å². The van der Waals surface area contributed by atoms with Crippen LogP contribution in [0, 0.1) is 6.92 Å². The average Bonchev–Trinajstić information content (AvgIpc) is 3.19. The van der Waals surface area contributed by atoms with Crippen LogP contribution in [0.15, 0.2) is 70.0 Å². The maximum absolute atomic E-state index is 12.9. The van der Waals surface area contributed by atoms with Crippen LogP contribution in [-0.4, -0.2) is 28.5 Å². The minimum Gasteiger partial charge on any atom is -0.497 e. The summed E-state index contributed by atoms with van der Waals surface area (Å²) in [5.41, 5.74) is 2.01. The van der Waals surface area contributed by atoms with Crippen LogP contribution in [0.25, 0.3) is 11.0 Å². The van der Waals surface area contributed by atoms with Gasteiger partial charge in [-0.1, -0.05) is 17.7 Å². The predicted octanol–water partition coefficient (Wildman–Crippen LogP) is 5.27. The largest absolute Gasteiger partial charge is 0.497 e. The number of sulfonamides is 1. The van der Waals surface area contributed by atoms with Gasteiger partial charge in [0.15, 0.2) is 11.3 Å². The van der Waals surface area contributed by atoms with E-state index in [0.29, 0.717) is 38.7 Å². The highest BCUT2D eigenvalue weighted by molar-refractivity contribution is 7.90. The number of aryl methyl sites for hydroxylation is 1. The van der Waals surface area contributed by atoms with E-state index in [-0.39, 0.29) is 10.7 Å². The lowest BCUT2D eigenvalue weighted by Crippen LogP contribution is -2.30. The average molecular weight is 501 g/mol. The summed E-state index contributed by atoms with van der Waals surface area (Å²) in [7, 11) is -1.10. The van der Waals surface area contributed by atoms with Gasteiger partial charge < -0.3 is 19.2 Å². The molecule has 4 aromatic rings. The summed E-state index contributed by atoms with van der Waals surface area (Å²) in [6.45, 7) is 1.64. The second kappa shape index (κ2) is 9.28. The first kappa shape index (κ1) is 23.5. The Labute approximate surface area is 201 Å². The third kappa shape index (κ3) is 4.52. The van der Waals surface area contributed by atoms with Gasteiger partial charge in [0.05, 0.1) is 29.8 Å². The first-order chi connectivity index (χ1) is 16.2. The van der Waals surface area contributed by atoms with Gasteiger partial charge in [-0.25, -0.2) is 13.1 Å². The number of carbonyl (C=O) groups is 1. The number of amides is 1. The number of halogens is 1. The molecule has 34 heavy (non-hydrogen) atoms. The van der Waals surface area contributed by atoms with E-state index < -0.39 is 15.9 Å². The summed E-state index contributed by atoms with van der Waals surface area (Å²) in [6, 6.07) is 16.3. The van der Waals surface area contributed by atoms with Gasteiger partial charge in [0.1, 0.15) is 11.5 Å². The number of hydrogen-bond acceptors (Lipinski definition) is 7. The van der Waals surface area contributed by atoms with E-state index in [9.17, 15) is 13.2 Å². The zero-order chi connectivity index (χ0) is 24.5. The number of nitrogens with one attached hydrogen (secondary N) is 2. The van der Waals surface area contributed by atoms with Crippen molar-refractivity contribution in [2.45, 2.75) is 11.8 Å². The molecule has 0 saturated carbocycles. The molecule has 0 spiro atoms. The molecule has 8 nitrogen and oxygen atoms in total. The van der Waals surface area contributed by atoms with Crippen molar-refractivity contribution < 1.29 is 27.1 Å². The van der Waals surface area contributed by atoms with Gasteiger partial charge in [-0.15, -0.1) is 0 Å². The number of fused-ring (bicyclic) bond motifs is 1. The van der Waals surface area contributed by atoms with Crippen molar-refractivity contribution in [3.05, 3.63) is 77.0 Å². The highest BCUT2D eigenvalue weighted by atomic mass is 35.5. The molecular weight excluding hydrogens is 480 g/mol. The van der Waals surface area contributed by atoms with E-state index in [2.05, 4.69) is 10.0 Å². The van der Waals surface area contributed by atoms with Gasteiger partial charge in [-0.2, -0.15) is 0 Å². The molecular formula is C24H21ClN2O6S. The van der Waals surface area contributed by atoms with Crippen molar-refractivity contribution in [2.75, 3.05) is 19.5 Å². The molecule has 3 aromatic carbocycles. The predicted molar refractivity (Wildman–Crippen MR) is 130 cm³/mol. The number of hydrogen-bond donors (Lipinski definition) is 2. The Balaban J connectivity index is 1.68. The van der Waals surface area contributed by atoms with E-state index in [4.69, 9.17) is 25.5 Å². The monoisotopic (exact) mass is 500 g/mol. The molecule has 0 saturated heterocycles. The molecule has 2 N–H and O–H groups in total. The first-order valence-corrected chi connectivity index (χ1v) is 11.9. The summed E-state index contributed by atoms with van der Waals surface area (Å²) in [6.07, 6.45) is 0. The summed E-state index contributed by atoms with van der Waals surface area (Å²) in [5.74, 6) is 0.0838. The Morgan fingerprint density at radius 1 is 0.971 bits per heavy atom. The topological polar surface area (TPSA) is 107 Å². The number of ether oxygens (including phenoxy) is 2. The number of anilines is 2. The van der Waals surface area contributed by atoms with Crippen molar-refractivity contribution >= 4 is 49.9 Å². The number of carbonyl (C=O) groups excluding carboxylic acids is 1. The normalized spacial score (nSPS) is 11.3. The van der Waals surface area contributed by atoms with E-state index in [1.807, 2.05) is 18.2 Å². The third-order valence-corrected chi connectivity index (χ3v) is 6.84. The van der Waals surface area contributed by atoms with Crippen LogP contribution in [0.3, 0.4) is 0 Å². The van der Waals surface area contributed by atoms with Crippen LogP contribution >= 0.6 is 11.6 Å². The zero-order valence-electron chi connectivity index (χ0n) is 18.5. The summed E-state index contributed by atoms with van der Waals surface area (Å²) in [4.78, 5) is 12.8. The van der Waals surface area contributed by atoms with Crippen molar-refractivity contribution in [3.8, 4) is 11.5 Å². The summed E-state index contributed by atoms with van der Waals surface area (Å²) >= 11 is 6.39. The highest BCUT2D eigenvalue weighted by Gasteiger charge is 2.26. The molecule has 0 fully saturated rings. The quantitative estimate of drug-likeness (QED) is 0.355.